The maximum atomic E-state index is 3.61. The van der Waals surface area contributed by atoms with Crippen LogP contribution < -0.4 is 5.09 Å². The van der Waals surface area contributed by atoms with Crippen LogP contribution in [0.4, 0.5) is 0 Å². The van der Waals surface area contributed by atoms with Gasteiger partial charge in [-0.1, -0.05) is 13.3 Å². The van der Waals surface area contributed by atoms with Crippen molar-refractivity contribution in [2.75, 3.05) is 18.1 Å². The number of hydrogen-bond acceptors (Lipinski definition) is 3. The Hall–Kier alpha value is 1.09. The van der Waals surface area contributed by atoms with Gasteiger partial charge in [-0.05, 0) is 12.8 Å². The van der Waals surface area contributed by atoms with Gasteiger partial charge in [0.25, 0.3) is 0 Å². The highest BCUT2D eigenvalue weighted by Gasteiger charge is 2.12. The fourth-order valence-corrected chi connectivity index (χ4v) is 7.59. The lowest BCUT2D eigenvalue weighted by Gasteiger charge is -2.20. The number of rotatable bonds is 4. The van der Waals surface area contributed by atoms with Gasteiger partial charge in [-0.3, -0.25) is 5.09 Å². The normalized spacial score (nSPS) is 20.5. The minimum atomic E-state index is 0.1000. The van der Waals surface area contributed by atoms with Crippen LogP contribution in [0.1, 0.15) is 26.2 Å². The summed E-state index contributed by atoms with van der Waals surface area (Å²) in [6.07, 6.45) is 4.05. The van der Waals surface area contributed by atoms with Crippen LogP contribution >= 0.6 is 29.2 Å². The first-order chi connectivity index (χ1) is 5.43. The summed E-state index contributed by atoms with van der Waals surface area (Å²) < 4.78 is 0. The van der Waals surface area contributed by atoms with Crippen molar-refractivity contribution in [3.05, 3.63) is 0 Å². The highest BCUT2D eigenvalue weighted by atomic mass is 33.1. The van der Waals surface area contributed by atoms with Crippen LogP contribution in [-0.2, 0) is 0 Å². The van der Waals surface area contributed by atoms with Crippen LogP contribution in [-0.4, -0.2) is 18.1 Å². The SMILES string of the molecule is CCCCNP1SCCCS1. The highest BCUT2D eigenvalue weighted by molar-refractivity contribution is 8.88. The molecular formula is C7H16NPS2. The van der Waals surface area contributed by atoms with Crippen LogP contribution in [0.5, 0.6) is 0 Å². The Balaban J connectivity index is 1.96. The van der Waals surface area contributed by atoms with E-state index < -0.39 is 0 Å². The molecule has 0 amide bonds. The number of hydrogen-bond donors (Lipinski definition) is 1. The zero-order valence-corrected chi connectivity index (χ0v) is 9.53. The van der Waals surface area contributed by atoms with Gasteiger partial charge in [0.2, 0.25) is 0 Å². The van der Waals surface area contributed by atoms with Crippen molar-refractivity contribution in [2.45, 2.75) is 26.2 Å². The Morgan fingerprint density at radius 2 is 2.09 bits per heavy atom. The number of unbranched alkanes of at least 4 members (excludes halogenated alkanes) is 1. The maximum Gasteiger partial charge on any atom is 0.0847 e. The van der Waals surface area contributed by atoms with Crippen LogP contribution in [0.25, 0.3) is 0 Å². The van der Waals surface area contributed by atoms with Crippen LogP contribution in [0, 0.1) is 0 Å². The zero-order valence-electron chi connectivity index (χ0n) is 7.01. The van der Waals surface area contributed by atoms with Gasteiger partial charge in [0, 0.05) is 18.1 Å². The van der Waals surface area contributed by atoms with E-state index in [0.29, 0.717) is 0 Å². The molecule has 1 N–H and O–H groups in total. The highest BCUT2D eigenvalue weighted by Crippen LogP contribution is 2.60. The molecule has 0 atom stereocenters. The van der Waals surface area contributed by atoms with Crippen molar-refractivity contribution < 1.29 is 0 Å². The molecule has 4 heteroatoms. The first-order valence-corrected chi connectivity index (χ1v) is 8.75. The van der Waals surface area contributed by atoms with Crippen molar-refractivity contribution >= 4 is 29.2 Å². The molecule has 0 spiro atoms. The van der Waals surface area contributed by atoms with E-state index in [2.05, 4.69) is 34.8 Å². The van der Waals surface area contributed by atoms with E-state index in [-0.39, 0.29) is 6.48 Å². The van der Waals surface area contributed by atoms with Crippen molar-refractivity contribution in [3.63, 3.8) is 0 Å². The molecule has 1 fully saturated rings. The van der Waals surface area contributed by atoms with Crippen molar-refractivity contribution in [1.29, 1.82) is 0 Å². The van der Waals surface area contributed by atoms with E-state index in [1.807, 2.05) is 0 Å². The van der Waals surface area contributed by atoms with E-state index in [9.17, 15) is 0 Å². The summed E-state index contributed by atoms with van der Waals surface area (Å²) in [5.41, 5.74) is 0. The van der Waals surface area contributed by atoms with Gasteiger partial charge in [-0.15, -0.1) is 22.8 Å². The second kappa shape index (κ2) is 6.59. The molecule has 0 aromatic rings. The summed E-state index contributed by atoms with van der Waals surface area (Å²) in [6.45, 7) is 3.57. The van der Waals surface area contributed by atoms with Gasteiger partial charge < -0.3 is 0 Å². The Labute approximate surface area is 78.8 Å². The first-order valence-electron chi connectivity index (χ1n) is 4.23. The fourth-order valence-electron chi connectivity index (χ4n) is 0.830. The molecule has 0 aromatic carbocycles. The molecule has 66 valence electrons. The maximum absolute atomic E-state index is 3.61. The summed E-state index contributed by atoms with van der Waals surface area (Å²) in [5.74, 6) is 2.75. The third kappa shape index (κ3) is 4.62. The van der Waals surface area contributed by atoms with E-state index in [1.165, 1.54) is 37.3 Å². The van der Waals surface area contributed by atoms with E-state index in [1.54, 1.807) is 0 Å². The van der Waals surface area contributed by atoms with Gasteiger partial charge in [0.15, 0.2) is 0 Å². The van der Waals surface area contributed by atoms with Gasteiger partial charge >= 0.3 is 0 Å². The Kier molecular flexibility index (Phi) is 6.09. The largest absolute Gasteiger partial charge is 0.279 e. The lowest BCUT2D eigenvalue weighted by molar-refractivity contribution is 0.775. The minimum Gasteiger partial charge on any atom is -0.279 e. The molecule has 1 nitrogen and oxygen atoms in total. The standard InChI is InChI=1S/C7H16NPS2/c1-2-3-5-8-9-10-6-4-7-11-9/h8H,2-7H2,1H3. The molecule has 0 radical (unpaired) electrons. The predicted molar refractivity (Wildman–Crippen MR) is 59.4 cm³/mol. The molecule has 1 aliphatic heterocycles. The molecular weight excluding hydrogens is 193 g/mol. The second-order valence-electron chi connectivity index (χ2n) is 2.54. The average Bonchev–Trinajstić information content (AvgIpc) is 2.07. The molecule has 1 aliphatic rings. The molecule has 1 rings (SSSR count). The van der Waals surface area contributed by atoms with Crippen LogP contribution in [0.15, 0.2) is 0 Å². The van der Waals surface area contributed by atoms with Gasteiger partial charge in [0.1, 0.15) is 0 Å². The van der Waals surface area contributed by atoms with Crippen molar-refractivity contribution in [2.24, 2.45) is 0 Å². The Morgan fingerprint density at radius 1 is 1.36 bits per heavy atom. The van der Waals surface area contributed by atoms with Crippen molar-refractivity contribution in [3.8, 4) is 0 Å². The van der Waals surface area contributed by atoms with E-state index in [4.69, 9.17) is 0 Å². The lowest BCUT2D eigenvalue weighted by atomic mass is 10.3. The van der Waals surface area contributed by atoms with E-state index >= 15 is 0 Å². The molecule has 1 saturated heterocycles. The number of nitrogens with one attached hydrogen (secondary N) is 1. The monoisotopic (exact) mass is 209 g/mol. The minimum absolute atomic E-state index is 0.1000. The second-order valence-corrected chi connectivity index (χ2v) is 9.14. The Morgan fingerprint density at radius 3 is 2.73 bits per heavy atom. The average molecular weight is 209 g/mol. The summed E-state index contributed by atoms with van der Waals surface area (Å²) in [6, 6.07) is 0. The van der Waals surface area contributed by atoms with Crippen LogP contribution in [0.3, 0.4) is 0 Å². The van der Waals surface area contributed by atoms with Gasteiger partial charge in [-0.2, -0.15) is 0 Å². The quantitative estimate of drug-likeness (QED) is 0.562. The molecule has 0 saturated carbocycles. The van der Waals surface area contributed by atoms with Crippen molar-refractivity contribution in [1.82, 2.24) is 5.09 Å². The molecule has 0 aliphatic carbocycles. The zero-order chi connectivity index (χ0) is 7.94. The Bertz CT molecular complexity index is 96.4. The molecule has 11 heavy (non-hydrogen) atoms. The summed E-state index contributed by atoms with van der Waals surface area (Å²) in [7, 11) is 0. The van der Waals surface area contributed by atoms with Gasteiger partial charge in [0.05, 0.1) is 6.48 Å². The third-order valence-corrected chi connectivity index (χ3v) is 8.54. The fraction of sp³-hybridized carbons (Fsp3) is 1.00. The first kappa shape index (κ1) is 10.2. The molecule has 0 unspecified atom stereocenters. The molecule has 1 heterocycles. The van der Waals surface area contributed by atoms with Gasteiger partial charge in [-0.25, -0.2) is 0 Å². The summed E-state index contributed by atoms with van der Waals surface area (Å²) in [4.78, 5) is 0. The topological polar surface area (TPSA) is 12.0 Å². The van der Waals surface area contributed by atoms with E-state index in [0.717, 1.165) is 0 Å². The third-order valence-electron chi connectivity index (χ3n) is 1.48. The molecule has 0 aromatic heterocycles. The smallest absolute Gasteiger partial charge is 0.0847 e. The predicted octanol–water partition coefficient (Wildman–Crippen LogP) is 3.47. The van der Waals surface area contributed by atoms with Crippen LogP contribution in [0.2, 0.25) is 0 Å². The molecule has 0 bridgehead atoms. The summed E-state index contributed by atoms with van der Waals surface area (Å²) >= 11 is 4.26. The lowest BCUT2D eigenvalue weighted by Crippen LogP contribution is -2.07. The summed E-state index contributed by atoms with van der Waals surface area (Å²) in [5, 5.41) is 3.61.